The van der Waals surface area contributed by atoms with E-state index in [1.165, 1.54) is 18.9 Å². The van der Waals surface area contributed by atoms with Crippen molar-refractivity contribution in [3.63, 3.8) is 0 Å². The molecule has 0 spiro atoms. The fourth-order valence-electron chi connectivity index (χ4n) is 3.96. The lowest BCUT2D eigenvalue weighted by Gasteiger charge is -2.40. The van der Waals surface area contributed by atoms with E-state index in [1.54, 1.807) is 12.1 Å². The van der Waals surface area contributed by atoms with Crippen LogP contribution in [-0.2, 0) is 11.2 Å². The lowest BCUT2D eigenvalue weighted by Crippen LogP contribution is -2.44. The van der Waals surface area contributed by atoms with Crippen molar-refractivity contribution in [1.82, 2.24) is 4.90 Å². The summed E-state index contributed by atoms with van der Waals surface area (Å²) < 4.78 is 19.9. The molecular weight excluding hydrogens is 345 g/mol. The average Bonchev–Trinajstić information content (AvgIpc) is 2.66. The third-order valence-corrected chi connectivity index (χ3v) is 5.33. The van der Waals surface area contributed by atoms with Crippen LogP contribution in [0.5, 0.6) is 5.75 Å². The van der Waals surface area contributed by atoms with Gasteiger partial charge in [-0.05, 0) is 61.9 Å². The predicted molar refractivity (Wildman–Crippen MR) is 103 cm³/mol. The van der Waals surface area contributed by atoms with E-state index in [0.29, 0.717) is 29.9 Å². The highest BCUT2D eigenvalue weighted by Gasteiger charge is 2.29. The molecule has 146 valence electrons. The van der Waals surface area contributed by atoms with Gasteiger partial charge in [-0.1, -0.05) is 31.2 Å². The molecule has 1 aromatic rings. The zero-order valence-corrected chi connectivity index (χ0v) is 15.9. The van der Waals surface area contributed by atoms with E-state index in [2.05, 4.69) is 30.1 Å². The van der Waals surface area contributed by atoms with E-state index in [-0.39, 0.29) is 12.8 Å². The summed E-state index contributed by atoms with van der Waals surface area (Å²) in [6, 6.07) is 5.10. The van der Waals surface area contributed by atoms with Crippen LogP contribution in [0.15, 0.2) is 42.0 Å². The van der Waals surface area contributed by atoms with Crippen molar-refractivity contribution in [2.24, 2.45) is 5.92 Å². The Labute approximate surface area is 160 Å². The first-order valence-corrected chi connectivity index (χ1v) is 9.82. The molecule has 5 heteroatoms. The maximum absolute atomic E-state index is 14.1. The van der Waals surface area contributed by atoms with Crippen LogP contribution < -0.4 is 4.74 Å². The van der Waals surface area contributed by atoms with E-state index in [4.69, 9.17) is 9.84 Å². The number of carbonyl (C=O) groups is 1. The van der Waals surface area contributed by atoms with Crippen LogP contribution in [0.1, 0.15) is 38.2 Å². The van der Waals surface area contributed by atoms with Gasteiger partial charge in [-0.3, -0.25) is 9.69 Å². The summed E-state index contributed by atoms with van der Waals surface area (Å²) in [4.78, 5) is 13.2. The molecule has 2 atom stereocenters. The molecule has 2 unspecified atom stereocenters. The second-order valence-corrected chi connectivity index (χ2v) is 7.37. The maximum atomic E-state index is 14.1. The number of carboxylic acid groups (broad SMARTS) is 1. The normalized spacial score (nSPS) is 22.2. The number of benzene rings is 1. The SMILES string of the molecule is CCCN1CCCC2C=CC(COc3ccc(CCC(=O)O)c(F)c3)=CC21. The molecule has 1 fully saturated rings. The lowest BCUT2D eigenvalue weighted by molar-refractivity contribution is -0.136. The molecule has 1 saturated heterocycles. The topological polar surface area (TPSA) is 49.8 Å². The Morgan fingerprint density at radius 3 is 3.00 bits per heavy atom. The first-order chi connectivity index (χ1) is 13.1. The van der Waals surface area contributed by atoms with E-state index < -0.39 is 11.8 Å². The number of piperidine rings is 1. The number of likely N-dealkylation sites (tertiary alicyclic amines) is 1. The Morgan fingerprint density at radius 2 is 2.26 bits per heavy atom. The molecule has 0 saturated carbocycles. The minimum Gasteiger partial charge on any atom is -0.489 e. The molecule has 4 nitrogen and oxygen atoms in total. The Balaban J connectivity index is 1.60. The molecule has 1 aromatic carbocycles. The van der Waals surface area contributed by atoms with Crippen LogP contribution in [0.3, 0.4) is 0 Å². The smallest absolute Gasteiger partial charge is 0.303 e. The molecule has 2 aliphatic rings. The van der Waals surface area contributed by atoms with Crippen molar-refractivity contribution in [2.75, 3.05) is 19.7 Å². The monoisotopic (exact) mass is 373 g/mol. The van der Waals surface area contributed by atoms with Gasteiger partial charge in [0.25, 0.3) is 0 Å². The number of aliphatic carboxylic acids is 1. The molecule has 1 aliphatic heterocycles. The maximum Gasteiger partial charge on any atom is 0.303 e. The van der Waals surface area contributed by atoms with Crippen molar-refractivity contribution in [3.05, 3.63) is 53.4 Å². The molecule has 1 N–H and O–H groups in total. The quantitative estimate of drug-likeness (QED) is 0.742. The van der Waals surface area contributed by atoms with E-state index in [0.717, 1.165) is 25.1 Å². The van der Waals surface area contributed by atoms with Gasteiger partial charge in [0, 0.05) is 18.5 Å². The molecule has 27 heavy (non-hydrogen) atoms. The van der Waals surface area contributed by atoms with Gasteiger partial charge in [-0.15, -0.1) is 0 Å². The summed E-state index contributed by atoms with van der Waals surface area (Å²) in [6.45, 7) is 4.89. The number of nitrogens with zero attached hydrogens (tertiary/aromatic N) is 1. The van der Waals surface area contributed by atoms with Gasteiger partial charge in [-0.2, -0.15) is 0 Å². The number of halogens is 1. The first kappa shape index (κ1) is 19.6. The number of ether oxygens (including phenoxy) is 1. The second-order valence-electron chi connectivity index (χ2n) is 7.37. The van der Waals surface area contributed by atoms with Crippen molar-refractivity contribution in [3.8, 4) is 5.75 Å². The Morgan fingerprint density at radius 1 is 1.41 bits per heavy atom. The number of aryl methyl sites for hydroxylation is 1. The van der Waals surface area contributed by atoms with Crippen LogP contribution in [-0.4, -0.2) is 41.7 Å². The minimum absolute atomic E-state index is 0.0778. The number of rotatable bonds is 8. The fraction of sp³-hybridized carbons (Fsp3) is 0.500. The predicted octanol–water partition coefficient (Wildman–Crippen LogP) is 4.21. The van der Waals surface area contributed by atoms with Gasteiger partial charge in [0.1, 0.15) is 18.2 Å². The molecule has 0 bridgehead atoms. The Bertz CT molecular complexity index is 726. The zero-order valence-electron chi connectivity index (χ0n) is 15.9. The van der Waals surface area contributed by atoms with Crippen LogP contribution in [0.25, 0.3) is 0 Å². The number of hydrogen-bond acceptors (Lipinski definition) is 3. The van der Waals surface area contributed by atoms with Gasteiger partial charge in [0.2, 0.25) is 0 Å². The first-order valence-electron chi connectivity index (χ1n) is 9.82. The highest BCUT2D eigenvalue weighted by molar-refractivity contribution is 5.67. The highest BCUT2D eigenvalue weighted by atomic mass is 19.1. The number of carboxylic acids is 1. The summed E-state index contributed by atoms with van der Waals surface area (Å²) in [5.74, 6) is -0.288. The van der Waals surface area contributed by atoms with Crippen LogP contribution in [0, 0.1) is 11.7 Å². The molecule has 3 rings (SSSR count). The van der Waals surface area contributed by atoms with Gasteiger partial charge in [0.15, 0.2) is 0 Å². The summed E-state index contributed by atoms with van der Waals surface area (Å²) in [5.41, 5.74) is 1.52. The molecule has 0 aromatic heterocycles. The van der Waals surface area contributed by atoms with Gasteiger partial charge < -0.3 is 9.84 Å². The highest BCUT2D eigenvalue weighted by Crippen LogP contribution is 2.30. The van der Waals surface area contributed by atoms with Crippen molar-refractivity contribution >= 4 is 5.97 Å². The fourth-order valence-corrected chi connectivity index (χ4v) is 3.96. The number of hydrogen-bond donors (Lipinski definition) is 1. The molecule has 0 radical (unpaired) electrons. The summed E-state index contributed by atoms with van der Waals surface area (Å²) in [5, 5.41) is 8.72. The molecule has 1 aliphatic carbocycles. The summed E-state index contributed by atoms with van der Waals surface area (Å²) in [7, 11) is 0. The molecule has 1 heterocycles. The van der Waals surface area contributed by atoms with E-state index in [9.17, 15) is 9.18 Å². The van der Waals surface area contributed by atoms with Gasteiger partial charge in [0.05, 0.1) is 0 Å². The third kappa shape index (κ3) is 5.19. The lowest BCUT2D eigenvalue weighted by atomic mass is 9.84. The van der Waals surface area contributed by atoms with Crippen molar-refractivity contribution in [1.29, 1.82) is 0 Å². The van der Waals surface area contributed by atoms with Gasteiger partial charge in [-0.25, -0.2) is 4.39 Å². The largest absolute Gasteiger partial charge is 0.489 e. The van der Waals surface area contributed by atoms with Crippen molar-refractivity contribution < 1.29 is 19.0 Å². The standard InChI is InChI=1S/C22H28FNO3/c1-2-11-24-12-3-4-18-6-5-16(13-21(18)24)15-27-19-9-7-17(20(23)14-19)8-10-22(25)26/h5-7,9,13-14,18,21H,2-4,8,10-12,15H2,1H3,(H,25,26). The molecular formula is C22H28FNO3. The van der Waals surface area contributed by atoms with Crippen LogP contribution in [0.4, 0.5) is 4.39 Å². The molecule has 0 amide bonds. The second kappa shape index (κ2) is 9.18. The zero-order chi connectivity index (χ0) is 19.2. The number of fused-ring (bicyclic) bond motifs is 1. The van der Waals surface area contributed by atoms with Crippen molar-refractivity contribution in [2.45, 2.75) is 45.1 Å². The Kier molecular flexibility index (Phi) is 6.67. The van der Waals surface area contributed by atoms with E-state index >= 15 is 0 Å². The summed E-state index contributed by atoms with van der Waals surface area (Å²) in [6.07, 6.45) is 10.5. The third-order valence-electron chi connectivity index (χ3n) is 5.33. The average molecular weight is 373 g/mol. The van der Waals surface area contributed by atoms with Gasteiger partial charge >= 0.3 is 5.97 Å². The van der Waals surface area contributed by atoms with Crippen LogP contribution >= 0.6 is 0 Å². The van der Waals surface area contributed by atoms with Crippen LogP contribution in [0.2, 0.25) is 0 Å². The van der Waals surface area contributed by atoms with E-state index in [1.807, 2.05) is 0 Å². The summed E-state index contributed by atoms with van der Waals surface area (Å²) >= 11 is 0. The Hall–Kier alpha value is -2.14. The minimum atomic E-state index is -0.927.